The molecule has 0 spiro atoms. The van der Waals surface area contributed by atoms with Crippen molar-refractivity contribution in [1.82, 2.24) is 0 Å². The zero-order valence-corrected chi connectivity index (χ0v) is 10.6. The van der Waals surface area contributed by atoms with E-state index in [1.165, 1.54) is 0 Å². The first-order valence-corrected chi connectivity index (χ1v) is 6.21. The number of rotatable bonds is 7. The van der Waals surface area contributed by atoms with Crippen LogP contribution in [0.2, 0.25) is 0 Å². The number of carbonyl (C=O) groups is 1. The summed E-state index contributed by atoms with van der Waals surface area (Å²) in [5, 5.41) is 12.7. The summed E-state index contributed by atoms with van der Waals surface area (Å²) in [6, 6.07) is 9.55. The Morgan fingerprint density at radius 2 is 1.71 bits per heavy atom. The first-order chi connectivity index (χ1) is 8.14. The van der Waals surface area contributed by atoms with Crippen molar-refractivity contribution in [3.8, 4) is 0 Å². The van der Waals surface area contributed by atoms with Gasteiger partial charge in [0.1, 0.15) is 5.54 Å². The molecule has 0 saturated carbocycles. The van der Waals surface area contributed by atoms with Gasteiger partial charge in [0.05, 0.1) is 0 Å². The Hall–Kier alpha value is -1.51. The summed E-state index contributed by atoms with van der Waals surface area (Å²) in [6.45, 7) is 4.03. The largest absolute Gasteiger partial charge is 0.480 e. The number of aliphatic carboxylic acids is 1. The zero-order chi connectivity index (χ0) is 12.7. The van der Waals surface area contributed by atoms with Gasteiger partial charge in [0, 0.05) is 5.69 Å². The predicted octanol–water partition coefficient (Wildman–Crippen LogP) is 3.52. The van der Waals surface area contributed by atoms with Crippen LogP contribution in [0.25, 0.3) is 0 Å². The van der Waals surface area contributed by atoms with Gasteiger partial charge in [-0.3, -0.25) is 0 Å². The molecule has 0 fully saturated rings. The average molecular weight is 235 g/mol. The summed E-state index contributed by atoms with van der Waals surface area (Å²) in [5.41, 5.74) is 0.0435. The van der Waals surface area contributed by atoms with Crippen LogP contribution in [0.3, 0.4) is 0 Å². The van der Waals surface area contributed by atoms with Crippen molar-refractivity contribution in [1.29, 1.82) is 0 Å². The van der Waals surface area contributed by atoms with Crippen molar-refractivity contribution < 1.29 is 9.90 Å². The fourth-order valence-corrected chi connectivity index (χ4v) is 2.17. The molecule has 1 aromatic carbocycles. The second-order valence-corrected chi connectivity index (χ2v) is 4.38. The van der Waals surface area contributed by atoms with Gasteiger partial charge in [0.2, 0.25) is 0 Å². The molecular formula is C14H21NO2. The lowest BCUT2D eigenvalue weighted by atomic mass is 9.88. The Balaban J connectivity index is 2.92. The van der Waals surface area contributed by atoms with Crippen molar-refractivity contribution in [2.75, 3.05) is 5.32 Å². The molecule has 0 aliphatic carbocycles. The van der Waals surface area contributed by atoms with Crippen LogP contribution in [0.1, 0.15) is 39.5 Å². The third-order valence-corrected chi connectivity index (χ3v) is 2.92. The summed E-state index contributed by atoms with van der Waals surface area (Å²) >= 11 is 0. The molecular weight excluding hydrogens is 214 g/mol. The number of anilines is 1. The highest BCUT2D eigenvalue weighted by Gasteiger charge is 2.36. The first-order valence-electron chi connectivity index (χ1n) is 6.21. The summed E-state index contributed by atoms with van der Waals surface area (Å²) in [6.07, 6.45) is 2.99. The Bertz CT molecular complexity index is 342. The number of para-hydroxylation sites is 1. The maximum absolute atomic E-state index is 11.5. The minimum Gasteiger partial charge on any atom is -0.480 e. The summed E-state index contributed by atoms with van der Waals surface area (Å²) in [5.74, 6) is -0.759. The van der Waals surface area contributed by atoms with Gasteiger partial charge < -0.3 is 10.4 Å². The fourth-order valence-electron chi connectivity index (χ4n) is 2.17. The van der Waals surface area contributed by atoms with Gasteiger partial charge in [-0.05, 0) is 25.0 Å². The third-order valence-electron chi connectivity index (χ3n) is 2.92. The van der Waals surface area contributed by atoms with Gasteiger partial charge in [0.15, 0.2) is 0 Å². The van der Waals surface area contributed by atoms with E-state index in [0.717, 1.165) is 18.5 Å². The zero-order valence-electron chi connectivity index (χ0n) is 10.6. The SMILES string of the molecule is CCCC(CCC)(Nc1ccccc1)C(=O)O. The van der Waals surface area contributed by atoms with E-state index in [2.05, 4.69) is 5.32 Å². The molecule has 0 atom stereocenters. The van der Waals surface area contributed by atoms with Crippen LogP contribution >= 0.6 is 0 Å². The van der Waals surface area contributed by atoms with Crippen LogP contribution in [0.15, 0.2) is 30.3 Å². The summed E-state index contributed by atoms with van der Waals surface area (Å²) in [4.78, 5) is 11.5. The number of hydrogen-bond donors (Lipinski definition) is 2. The average Bonchev–Trinajstić information content (AvgIpc) is 2.30. The molecule has 3 heteroatoms. The molecule has 0 saturated heterocycles. The topological polar surface area (TPSA) is 49.3 Å². The van der Waals surface area contributed by atoms with Crippen LogP contribution < -0.4 is 5.32 Å². The molecule has 0 amide bonds. The lowest BCUT2D eigenvalue weighted by Gasteiger charge is -2.31. The molecule has 0 unspecified atom stereocenters. The highest BCUT2D eigenvalue weighted by atomic mass is 16.4. The summed E-state index contributed by atoms with van der Waals surface area (Å²) in [7, 11) is 0. The first kappa shape index (κ1) is 13.6. The Morgan fingerprint density at radius 1 is 1.18 bits per heavy atom. The molecule has 2 N–H and O–H groups in total. The van der Waals surface area contributed by atoms with Crippen molar-refractivity contribution >= 4 is 11.7 Å². The minimum atomic E-state index is -0.829. The maximum Gasteiger partial charge on any atom is 0.329 e. The lowest BCUT2D eigenvalue weighted by molar-refractivity contribution is -0.142. The van der Waals surface area contributed by atoms with Gasteiger partial charge in [0.25, 0.3) is 0 Å². The second kappa shape index (κ2) is 6.28. The molecule has 0 aliphatic heterocycles. The van der Waals surface area contributed by atoms with E-state index >= 15 is 0 Å². The molecule has 0 aromatic heterocycles. The molecule has 1 aromatic rings. The van der Waals surface area contributed by atoms with E-state index in [0.29, 0.717) is 12.8 Å². The van der Waals surface area contributed by atoms with Crippen molar-refractivity contribution in [2.24, 2.45) is 0 Å². The van der Waals surface area contributed by atoms with E-state index in [4.69, 9.17) is 0 Å². The normalized spacial score (nSPS) is 11.2. The molecule has 3 nitrogen and oxygen atoms in total. The smallest absolute Gasteiger partial charge is 0.329 e. The van der Waals surface area contributed by atoms with E-state index in [-0.39, 0.29) is 0 Å². The van der Waals surface area contributed by atoms with Gasteiger partial charge in [-0.2, -0.15) is 0 Å². The highest BCUT2D eigenvalue weighted by molar-refractivity contribution is 5.82. The van der Waals surface area contributed by atoms with Gasteiger partial charge in [-0.1, -0.05) is 44.9 Å². The van der Waals surface area contributed by atoms with E-state index in [1.54, 1.807) is 0 Å². The molecule has 0 heterocycles. The molecule has 0 radical (unpaired) electrons. The van der Waals surface area contributed by atoms with Crippen molar-refractivity contribution in [3.05, 3.63) is 30.3 Å². The Morgan fingerprint density at radius 3 is 2.12 bits per heavy atom. The van der Waals surface area contributed by atoms with Gasteiger partial charge in [-0.25, -0.2) is 4.79 Å². The molecule has 17 heavy (non-hydrogen) atoms. The third kappa shape index (κ3) is 3.48. The standard InChI is InChI=1S/C14H21NO2/c1-3-10-14(11-4-2,13(16)17)15-12-8-6-5-7-9-12/h5-9,15H,3-4,10-11H2,1-2H3,(H,16,17). The number of carboxylic acids is 1. The van der Waals surface area contributed by atoms with Crippen LogP contribution in [0.4, 0.5) is 5.69 Å². The number of nitrogens with one attached hydrogen (secondary N) is 1. The lowest BCUT2D eigenvalue weighted by Crippen LogP contribution is -2.46. The fraction of sp³-hybridized carbons (Fsp3) is 0.500. The molecule has 94 valence electrons. The van der Waals surface area contributed by atoms with Crippen LogP contribution in [0, 0.1) is 0 Å². The minimum absolute atomic E-state index is 0.644. The maximum atomic E-state index is 11.5. The summed E-state index contributed by atoms with van der Waals surface area (Å²) < 4.78 is 0. The highest BCUT2D eigenvalue weighted by Crippen LogP contribution is 2.25. The quantitative estimate of drug-likeness (QED) is 0.760. The number of hydrogen-bond acceptors (Lipinski definition) is 2. The van der Waals surface area contributed by atoms with E-state index in [9.17, 15) is 9.90 Å². The molecule has 0 bridgehead atoms. The van der Waals surface area contributed by atoms with Gasteiger partial charge >= 0.3 is 5.97 Å². The Labute approximate surface area is 103 Å². The van der Waals surface area contributed by atoms with E-state index < -0.39 is 11.5 Å². The molecule has 0 aliphatic rings. The number of carboxylic acid groups (broad SMARTS) is 1. The van der Waals surface area contributed by atoms with Gasteiger partial charge in [-0.15, -0.1) is 0 Å². The van der Waals surface area contributed by atoms with Crippen LogP contribution in [-0.2, 0) is 4.79 Å². The van der Waals surface area contributed by atoms with Crippen LogP contribution in [0.5, 0.6) is 0 Å². The monoisotopic (exact) mass is 235 g/mol. The van der Waals surface area contributed by atoms with E-state index in [1.807, 2.05) is 44.2 Å². The van der Waals surface area contributed by atoms with Crippen molar-refractivity contribution in [3.63, 3.8) is 0 Å². The molecule has 1 rings (SSSR count). The number of benzene rings is 1. The van der Waals surface area contributed by atoms with Crippen LogP contribution in [-0.4, -0.2) is 16.6 Å². The second-order valence-electron chi connectivity index (χ2n) is 4.38. The van der Waals surface area contributed by atoms with Crippen molar-refractivity contribution in [2.45, 2.75) is 45.1 Å². The predicted molar refractivity (Wildman–Crippen MR) is 70.2 cm³/mol. The Kier molecular flexibility index (Phi) is 5.01.